The van der Waals surface area contributed by atoms with Crippen LogP contribution in [0.15, 0.2) is 47.2 Å². The molecule has 2 aliphatic carbocycles. The van der Waals surface area contributed by atoms with E-state index in [1.807, 2.05) is 18.7 Å². The number of alkyl halides is 3. The molecule has 3 aromatic heterocycles. The SMILES string of the molecule is CO[C@@H](C)c1ncccc1-c1c2c3cc(ccc3n1CC(F)(F)F)-c1nc(co1)C[C@H](NC(=O)[C@H](C1CCCC1)N1CCOC3(CN(C(=O)[C@@H]4N[C@@H]4C4CC4)C3)C1)C(=O)N1CCC[C@H](N1)C(=O)OCC(C)(C)C2. The molecule has 6 bridgehead atoms. The highest BCUT2D eigenvalue weighted by atomic mass is 19.4. The number of oxazole rings is 1. The highest BCUT2D eigenvalue weighted by Crippen LogP contribution is 2.44. The fourth-order valence-electron chi connectivity index (χ4n) is 12.3. The zero-order valence-corrected chi connectivity index (χ0v) is 42.0. The van der Waals surface area contributed by atoms with Crippen LogP contribution in [0.25, 0.3) is 33.6 Å². The Kier molecular flexibility index (Phi) is 13.2. The van der Waals surface area contributed by atoms with Crippen LogP contribution >= 0.6 is 0 Å². The van der Waals surface area contributed by atoms with Gasteiger partial charge in [-0.1, -0.05) is 26.7 Å². The van der Waals surface area contributed by atoms with Crippen molar-refractivity contribution in [2.24, 2.45) is 17.3 Å². The number of likely N-dealkylation sites (tertiary alicyclic amines) is 1. The minimum absolute atomic E-state index is 0.0341. The molecule has 7 aliphatic rings. The maximum absolute atomic E-state index is 15.1. The van der Waals surface area contributed by atoms with E-state index in [0.717, 1.165) is 25.7 Å². The number of pyridine rings is 1. The molecule has 4 saturated heterocycles. The number of hydrogen-bond donors (Lipinski definition) is 3. The number of halogens is 3. The number of carbonyl (C=O) groups excluding carboxylic acids is 4. The number of nitrogens with one attached hydrogen (secondary N) is 3. The summed E-state index contributed by atoms with van der Waals surface area (Å²) in [5.74, 6) is -0.386. The number of methoxy groups -OCH3 is 1. The fraction of sp³-hybridized carbons (Fsp3) is 0.623. The fourth-order valence-corrected chi connectivity index (χ4v) is 12.3. The minimum atomic E-state index is -4.60. The summed E-state index contributed by atoms with van der Waals surface area (Å²) < 4.78 is 69.7. The Morgan fingerprint density at radius 3 is 2.58 bits per heavy atom. The van der Waals surface area contributed by atoms with Gasteiger partial charge in [0.05, 0.1) is 55.5 Å². The summed E-state index contributed by atoms with van der Waals surface area (Å²) in [6.07, 6.45) is 4.88. The molecule has 73 heavy (non-hydrogen) atoms. The number of amides is 3. The quantitative estimate of drug-likeness (QED) is 0.133. The Balaban J connectivity index is 0.926. The molecule has 17 nitrogen and oxygen atoms in total. The molecule has 0 radical (unpaired) electrons. The van der Waals surface area contributed by atoms with Crippen molar-refractivity contribution >= 4 is 34.6 Å². The lowest BCUT2D eigenvalue weighted by Gasteiger charge is -2.55. The Morgan fingerprint density at radius 1 is 1.03 bits per heavy atom. The van der Waals surface area contributed by atoms with Gasteiger partial charge in [-0.2, -0.15) is 13.2 Å². The predicted octanol–water partition coefficient (Wildman–Crippen LogP) is 5.50. The number of ether oxygens (including phenoxy) is 3. The van der Waals surface area contributed by atoms with Crippen LogP contribution in [0.3, 0.4) is 0 Å². The van der Waals surface area contributed by atoms with E-state index in [1.54, 1.807) is 43.5 Å². The monoisotopic (exact) mass is 1010 g/mol. The first-order chi connectivity index (χ1) is 35.0. The zero-order valence-electron chi connectivity index (χ0n) is 42.0. The second-order valence-electron chi connectivity index (χ2n) is 22.4. The summed E-state index contributed by atoms with van der Waals surface area (Å²) in [4.78, 5) is 70.8. The summed E-state index contributed by atoms with van der Waals surface area (Å²) >= 11 is 0. The highest BCUT2D eigenvalue weighted by molar-refractivity contribution is 5.95. The Morgan fingerprint density at radius 2 is 1.82 bits per heavy atom. The summed E-state index contributed by atoms with van der Waals surface area (Å²) in [6, 6.07) is 6.08. The van der Waals surface area contributed by atoms with Crippen LogP contribution in [0.1, 0.15) is 95.2 Å². The van der Waals surface area contributed by atoms with Crippen molar-refractivity contribution in [1.29, 1.82) is 0 Å². The van der Waals surface area contributed by atoms with E-state index in [4.69, 9.17) is 23.6 Å². The highest BCUT2D eigenvalue weighted by Gasteiger charge is 2.57. The van der Waals surface area contributed by atoms with Gasteiger partial charge in [-0.3, -0.25) is 39.4 Å². The van der Waals surface area contributed by atoms with Crippen molar-refractivity contribution in [2.45, 2.75) is 140 Å². The lowest BCUT2D eigenvalue weighted by Crippen LogP contribution is -2.73. The van der Waals surface area contributed by atoms with Crippen molar-refractivity contribution in [3.63, 3.8) is 0 Å². The Labute approximate surface area is 422 Å². The molecule has 11 rings (SSSR count). The smallest absolute Gasteiger partial charge is 0.406 e. The van der Waals surface area contributed by atoms with Crippen LogP contribution in [-0.4, -0.2) is 148 Å². The number of carbonyl (C=O) groups is 4. The molecule has 0 unspecified atom stereocenters. The van der Waals surface area contributed by atoms with Gasteiger partial charge >= 0.3 is 12.1 Å². The van der Waals surface area contributed by atoms with Crippen LogP contribution in [0.5, 0.6) is 0 Å². The normalized spacial score (nSPS) is 26.6. The van der Waals surface area contributed by atoms with Gasteiger partial charge < -0.3 is 33.4 Å². The van der Waals surface area contributed by atoms with Crippen molar-refractivity contribution in [3.05, 3.63) is 59.7 Å². The van der Waals surface area contributed by atoms with E-state index in [9.17, 15) is 27.6 Å². The van der Waals surface area contributed by atoms with Crippen LogP contribution in [0.4, 0.5) is 13.2 Å². The van der Waals surface area contributed by atoms with Crippen molar-refractivity contribution in [3.8, 4) is 22.7 Å². The van der Waals surface area contributed by atoms with Crippen LogP contribution in [0.2, 0.25) is 0 Å². The van der Waals surface area contributed by atoms with Gasteiger partial charge in [0.2, 0.25) is 17.7 Å². The lowest BCUT2D eigenvalue weighted by atomic mass is 9.84. The number of fused-ring (bicyclic) bond motifs is 6. The van der Waals surface area contributed by atoms with E-state index < -0.39 is 59.8 Å². The third-order valence-corrected chi connectivity index (χ3v) is 16.2. The van der Waals surface area contributed by atoms with Crippen LogP contribution in [0, 0.1) is 17.3 Å². The predicted molar refractivity (Wildman–Crippen MR) is 260 cm³/mol. The maximum atomic E-state index is 15.1. The molecular weight excluding hydrogens is 948 g/mol. The lowest BCUT2D eigenvalue weighted by molar-refractivity contribution is -0.197. The Bertz CT molecular complexity index is 2760. The second kappa shape index (κ2) is 19.4. The molecule has 1 spiro atoms. The molecule has 8 heterocycles. The largest absolute Gasteiger partial charge is 0.464 e. The Hall–Kier alpha value is -5.41. The van der Waals surface area contributed by atoms with Crippen molar-refractivity contribution < 1.29 is 51.0 Å². The first-order valence-electron chi connectivity index (χ1n) is 26.1. The van der Waals surface area contributed by atoms with Crippen molar-refractivity contribution in [2.75, 3.05) is 53.0 Å². The number of hydrazine groups is 1. The van der Waals surface area contributed by atoms with E-state index in [1.165, 1.54) is 35.8 Å². The molecule has 1 aromatic carbocycles. The number of aromatic nitrogens is 3. The second-order valence-corrected chi connectivity index (χ2v) is 22.4. The average Bonchev–Trinajstić information content (AvgIpc) is 4.24. The number of nitrogens with zero attached hydrogens (tertiary/aromatic N) is 6. The van der Waals surface area contributed by atoms with Crippen LogP contribution < -0.4 is 16.1 Å². The minimum Gasteiger partial charge on any atom is -0.464 e. The molecule has 392 valence electrons. The summed E-state index contributed by atoms with van der Waals surface area (Å²) in [5.41, 5.74) is 4.74. The molecule has 4 aromatic rings. The summed E-state index contributed by atoms with van der Waals surface area (Å²) in [7, 11) is 1.52. The molecular formula is C53H66F3N9O8. The number of morpholine rings is 1. The number of cyclic esters (lactones) is 1. The van der Waals surface area contributed by atoms with Gasteiger partial charge in [0.25, 0.3) is 5.91 Å². The summed E-state index contributed by atoms with van der Waals surface area (Å²) in [5, 5.41) is 8.46. The number of benzene rings is 1. The van der Waals surface area contributed by atoms with E-state index in [2.05, 4.69) is 25.9 Å². The van der Waals surface area contributed by atoms with Crippen LogP contribution in [-0.2, 0) is 52.8 Å². The standard InChI is InChI=1S/C53H66F3N9O8/c1-30(70-4)41-35(11-7-17-57-41)45-37-23-51(2,3)29-72-50(69)38-12-8-18-65(61-38)48(67)39(22-34-24-71-47(58-34)33-15-16-40(36(37)21-33)64(45)28-53(54,55)56)59-46(66)44(32-9-5-6-10-32)62-19-20-73-52(25-62)26-63(27-52)49(68)43-42(60-43)31-13-14-31/h7,11,15-17,21,24,30-32,38-39,42-44,60-61H,5-6,8-10,12-14,18-20,22-23,25-29H2,1-4H3,(H,59,66)/t30-,38-,39-,42+,43+,44-/m0/s1. The molecule has 6 fully saturated rings. The topological polar surface area (TPSA) is 196 Å². The van der Waals surface area contributed by atoms with Gasteiger partial charge in [0.1, 0.15) is 36.5 Å². The van der Waals surface area contributed by atoms with E-state index in [0.29, 0.717) is 96.2 Å². The van der Waals surface area contributed by atoms with Crippen molar-refractivity contribution in [1.82, 2.24) is 45.4 Å². The zero-order chi connectivity index (χ0) is 51.0. The van der Waals surface area contributed by atoms with Gasteiger partial charge in [-0.05, 0) is 99.6 Å². The molecule has 2 saturated carbocycles. The molecule has 6 atom stereocenters. The van der Waals surface area contributed by atoms with E-state index in [-0.39, 0.29) is 61.7 Å². The van der Waals surface area contributed by atoms with Gasteiger partial charge in [0.15, 0.2) is 0 Å². The number of hydrogen-bond acceptors (Lipinski definition) is 13. The molecule has 5 aliphatic heterocycles. The third kappa shape index (κ3) is 10.1. The average molecular weight is 1010 g/mol. The van der Waals surface area contributed by atoms with Gasteiger partial charge in [-0.25, -0.2) is 10.4 Å². The van der Waals surface area contributed by atoms with Gasteiger partial charge in [-0.15, -0.1) is 0 Å². The van der Waals surface area contributed by atoms with Gasteiger partial charge in [0, 0.05) is 72.8 Å². The molecule has 3 amide bonds. The first-order valence-corrected chi connectivity index (χ1v) is 26.1. The molecule has 3 N–H and O–H groups in total. The maximum Gasteiger partial charge on any atom is 0.406 e. The third-order valence-electron chi connectivity index (χ3n) is 16.2. The van der Waals surface area contributed by atoms with E-state index >= 15 is 4.79 Å². The number of esters is 1. The first kappa shape index (κ1) is 49.8. The summed E-state index contributed by atoms with van der Waals surface area (Å²) in [6.45, 7) is 6.79. The molecule has 20 heteroatoms. The number of rotatable bonds is 10.